The lowest BCUT2D eigenvalue weighted by molar-refractivity contribution is -0.118. The van der Waals surface area contributed by atoms with Crippen LogP contribution in [-0.2, 0) is 10.2 Å². The Hall–Kier alpha value is -1.46. The summed E-state index contributed by atoms with van der Waals surface area (Å²) in [6.07, 6.45) is 1.64. The summed E-state index contributed by atoms with van der Waals surface area (Å²) in [7, 11) is 0. The molecule has 1 heterocycles. The Kier molecular flexibility index (Phi) is 4.31. The van der Waals surface area contributed by atoms with Crippen molar-refractivity contribution in [3.8, 4) is 0 Å². The highest BCUT2D eigenvalue weighted by atomic mass is 32.2. The average Bonchev–Trinajstić information content (AvgIpc) is 3.22. The fourth-order valence-electron chi connectivity index (χ4n) is 3.11. The molecule has 0 bridgehead atoms. The van der Waals surface area contributed by atoms with Gasteiger partial charge in [0.15, 0.2) is 0 Å². The van der Waals surface area contributed by atoms with Crippen LogP contribution in [0.25, 0.3) is 0 Å². The maximum atomic E-state index is 13.1. The molecule has 0 atom stereocenters. The minimum absolute atomic E-state index is 0.0120. The lowest BCUT2D eigenvalue weighted by Crippen LogP contribution is -2.27. The summed E-state index contributed by atoms with van der Waals surface area (Å²) < 4.78 is 13.6. The molecule has 0 aromatic heterocycles. The van der Waals surface area contributed by atoms with Crippen LogP contribution in [0.2, 0.25) is 0 Å². The summed E-state index contributed by atoms with van der Waals surface area (Å²) in [6, 6.07) is 14.4. The summed E-state index contributed by atoms with van der Waals surface area (Å²) in [5, 5.41) is 3.07. The Bertz CT molecular complexity index is 752. The number of hydrogen-bond acceptors (Lipinski definition) is 3. The predicted molar refractivity (Wildman–Crippen MR) is 100 cm³/mol. The molecular weight excluding hydrogens is 341 g/mol. The molecule has 124 valence electrons. The number of carbonyl (C=O) groups excluding carboxylic acids is 1. The van der Waals surface area contributed by atoms with E-state index in [9.17, 15) is 9.18 Å². The van der Waals surface area contributed by atoms with Gasteiger partial charge >= 0.3 is 0 Å². The normalized spacial score (nSPS) is 19.2. The van der Waals surface area contributed by atoms with Gasteiger partial charge in [0.05, 0.1) is 10.00 Å². The predicted octanol–water partition coefficient (Wildman–Crippen LogP) is 4.97. The van der Waals surface area contributed by atoms with Crippen LogP contribution in [0, 0.1) is 5.82 Å². The lowest BCUT2D eigenvalue weighted by Gasteiger charge is -2.17. The van der Waals surface area contributed by atoms with E-state index in [1.807, 2.05) is 35.7 Å². The van der Waals surface area contributed by atoms with Crippen molar-refractivity contribution in [3.63, 3.8) is 0 Å². The number of carbonyl (C=O) groups is 1. The minimum atomic E-state index is -0.486. The summed E-state index contributed by atoms with van der Waals surface area (Å²) in [4.78, 5) is 12.8. The molecule has 1 aliphatic carbocycles. The molecule has 2 aromatic carbocycles. The Labute approximate surface area is 149 Å². The summed E-state index contributed by atoms with van der Waals surface area (Å²) in [6.45, 7) is 0. The zero-order valence-electron chi connectivity index (χ0n) is 13.1. The maximum absolute atomic E-state index is 13.1. The number of anilines is 1. The second-order valence-electron chi connectivity index (χ2n) is 6.24. The molecule has 0 spiro atoms. The molecule has 2 nitrogen and oxygen atoms in total. The first-order chi connectivity index (χ1) is 11.7. The van der Waals surface area contributed by atoms with Gasteiger partial charge in [-0.3, -0.25) is 4.79 Å². The van der Waals surface area contributed by atoms with Crippen LogP contribution in [0.15, 0.2) is 48.5 Å². The Morgan fingerprint density at radius 2 is 1.79 bits per heavy atom. The van der Waals surface area contributed by atoms with E-state index in [0.717, 1.165) is 24.1 Å². The molecule has 1 amide bonds. The standard InChI is InChI=1S/C19H18FNOS2/c20-15-6-4-14(5-7-15)19(8-9-19)18(22)21-16-3-1-2-13(12-16)17-23-10-11-24-17/h1-7,12,17H,8-11H2,(H,21,22). The number of thioether (sulfide) groups is 2. The Morgan fingerprint density at radius 1 is 1.08 bits per heavy atom. The highest BCUT2D eigenvalue weighted by Gasteiger charge is 2.51. The quantitative estimate of drug-likeness (QED) is 0.835. The number of hydrogen-bond donors (Lipinski definition) is 1. The molecule has 1 saturated carbocycles. The van der Waals surface area contributed by atoms with Crippen LogP contribution >= 0.6 is 23.5 Å². The summed E-state index contributed by atoms with van der Waals surface area (Å²) in [5.74, 6) is 2.10. The molecule has 24 heavy (non-hydrogen) atoms. The van der Waals surface area contributed by atoms with Gasteiger partial charge in [-0.2, -0.15) is 0 Å². The zero-order valence-corrected chi connectivity index (χ0v) is 14.8. The van der Waals surface area contributed by atoms with E-state index in [1.54, 1.807) is 12.1 Å². The first kappa shape index (κ1) is 16.0. The molecule has 2 fully saturated rings. The third-order valence-electron chi connectivity index (χ3n) is 4.62. The van der Waals surface area contributed by atoms with E-state index in [-0.39, 0.29) is 11.7 Å². The van der Waals surface area contributed by atoms with Crippen molar-refractivity contribution in [1.82, 2.24) is 0 Å². The van der Waals surface area contributed by atoms with Crippen molar-refractivity contribution in [3.05, 3.63) is 65.5 Å². The maximum Gasteiger partial charge on any atom is 0.235 e. The van der Waals surface area contributed by atoms with Crippen LogP contribution in [-0.4, -0.2) is 17.4 Å². The van der Waals surface area contributed by atoms with Crippen molar-refractivity contribution >= 4 is 35.1 Å². The largest absolute Gasteiger partial charge is 0.325 e. The molecule has 0 radical (unpaired) electrons. The van der Waals surface area contributed by atoms with Gasteiger partial charge in [0, 0.05) is 17.2 Å². The van der Waals surface area contributed by atoms with Crippen molar-refractivity contribution in [2.75, 3.05) is 16.8 Å². The van der Waals surface area contributed by atoms with Crippen LogP contribution in [0.5, 0.6) is 0 Å². The number of nitrogens with one attached hydrogen (secondary N) is 1. The van der Waals surface area contributed by atoms with E-state index in [4.69, 9.17) is 0 Å². The van der Waals surface area contributed by atoms with Gasteiger partial charge in [-0.05, 0) is 48.2 Å². The van der Waals surface area contributed by atoms with Crippen molar-refractivity contribution in [2.24, 2.45) is 0 Å². The number of benzene rings is 2. The highest BCUT2D eigenvalue weighted by Crippen LogP contribution is 2.49. The monoisotopic (exact) mass is 359 g/mol. The van der Waals surface area contributed by atoms with Gasteiger partial charge in [-0.15, -0.1) is 23.5 Å². The molecular formula is C19H18FNOS2. The molecule has 4 rings (SSSR count). The Balaban J connectivity index is 1.52. The van der Waals surface area contributed by atoms with E-state index in [1.165, 1.54) is 29.2 Å². The molecule has 1 N–H and O–H groups in total. The van der Waals surface area contributed by atoms with E-state index >= 15 is 0 Å². The summed E-state index contributed by atoms with van der Waals surface area (Å²) in [5.41, 5.74) is 2.52. The molecule has 5 heteroatoms. The van der Waals surface area contributed by atoms with Crippen LogP contribution in [0.1, 0.15) is 28.6 Å². The fraction of sp³-hybridized carbons (Fsp3) is 0.316. The van der Waals surface area contributed by atoms with E-state index in [0.29, 0.717) is 4.58 Å². The van der Waals surface area contributed by atoms with Gasteiger partial charge in [-0.1, -0.05) is 24.3 Å². The third-order valence-corrected chi connectivity index (χ3v) is 7.72. The van der Waals surface area contributed by atoms with Gasteiger partial charge in [0.2, 0.25) is 5.91 Å². The van der Waals surface area contributed by atoms with Crippen LogP contribution in [0.3, 0.4) is 0 Å². The first-order valence-electron chi connectivity index (χ1n) is 8.08. The molecule has 2 aromatic rings. The molecule has 1 aliphatic heterocycles. The second kappa shape index (κ2) is 6.45. The lowest BCUT2D eigenvalue weighted by atomic mass is 9.95. The fourth-order valence-corrected chi connectivity index (χ4v) is 5.94. The third kappa shape index (κ3) is 3.07. The van der Waals surface area contributed by atoms with Gasteiger partial charge in [0.25, 0.3) is 0 Å². The first-order valence-corrected chi connectivity index (χ1v) is 10.2. The molecule has 2 aliphatic rings. The highest BCUT2D eigenvalue weighted by molar-refractivity contribution is 8.19. The van der Waals surface area contributed by atoms with Gasteiger partial charge in [0.1, 0.15) is 5.82 Å². The van der Waals surface area contributed by atoms with Crippen molar-refractivity contribution < 1.29 is 9.18 Å². The van der Waals surface area contributed by atoms with E-state index < -0.39 is 5.41 Å². The average molecular weight is 359 g/mol. The van der Waals surface area contributed by atoms with E-state index in [2.05, 4.69) is 17.4 Å². The van der Waals surface area contributed by atoms with Gasteiger partial charge < -0.3 is 5.32 Å². The smallest absolute Gasteiger partial charge is 0.235 e. The minimum Gasteiger partial charge on any atom is -0.325 e. The van der Waals surface area contributed by atoms with Crippen molar-refractivity contribution in [2.45, 2.75) is 22.8 Å². The zero-order chi connectivity index (χ0) is 16.6. The summed E-state index contributed by atoms with van der Waals surface area (Å²) >= 11 is 3.91. The topological polar surface area (TPSA) is 29.1 Å². The number of amides is 1. The Morgan fingerprint density at radius 3 is 2.46 bits per heavy atom. The SMILES string of the molecule is O=C(Nc1cccc(C2SCCS2)c1)C1(c2ccc(F)cc2)CC1. The second-order valence-corrected chi connectivity index (χ2v) is 8.97. The van der Waals surface area contributed by atoms with Gasteiger partial charge in [-0.25, -0.2) is 4.39 Å². The molecule has 1 saturated heterocycles. The van der Waals surface area contributed by atoms with Crippen LogP contribution in [0.4, 0.5) is 10.1 Å². The molecule has 0 unspecified atom stereocenters. The van der Waals surface area contributed by atoms with Crippen molar-refractivity contribution in [1.29, 1.82) is 0 Å². The van der Waals surface area contributed by atoms with Crippen LogP contribution < -0.4 is 5.32 Å². The number of rotatable bonds is 4. The number of halogens is 1.